The van der Waals surface area contributed by atoms with Crippen LogP contribution in [-0.2, 0) is 4.79 Å². The first-order chi connectivity index (χ1) is 5.25. The third kappa shape index (κ3) is 2.04. The highest BCUT2D eigenvalue weighted by Crippen LogP contribution is 2.18. The zero-order valence-corrected chi connectivity index (χ0v) is 7.71. The van der Waals surface area contributed by atoms with Gasteiger partial charge >= 0.3 is 0 Å². The van der Waals surface area contributed by atoms with Gasteiger partial charge in [-0.3, -0.25) is 9.69 Å². The summed E-state index contributed by atoms with van der Waals surface area (Å²) in [6, 6.07) is 0. The van der Waals surface area contributed by atoms with Gasteiger partial charge in [0.05, 0.1) is 5.75 Å². The van der Waals surface area contributed by atoms with E-state index in [1.165, 1.54) is 11.8 Å². The van der Waals surface area contributed by atoms with Crippen LogP contribution in [0.4, 0.5) is 0 Å². The zero-order valence-electron chi connectivity index (χ0n) is 6.08. The number of hydrogen-bond acceptors (Lipinski definition) is 3. The molecule has 0 aromatic heterocycles. The first-order valence-electron chi connectivity index (χ1n) is 3.33. The maximum absolute atomic E-state index is 11.1. The summed E-state index contributed by atoms with van der Waals surface area (Å²) >= 11 is 6.40. The second-order valence-electron chi connectivity index (χ2n) is 2.18. The predicted octanol–water partition coefficient (Wildman–Crippen LogP) is 1.42. The van der Waals surface area contributed by atoms with Gasteiger partial charge in [0.25, 0.3) is 0 Å². The molecule has 4 heteroatoms. The fourth-order valence-corrected chi connectivity index (χ4v) is 1.94. The molecule has 0 aromatic carbocycles. The van der Waals surface area contributed by atoms with Gasteiger partial charge in [-0.05, 0) is 6.42 Å². The number of thiocarbonyl (C=S) groups is 1. The number of hydrogen-bond donors (Lipinski definition) is 0. The van der Waals surface area contributed by atoms with Crippen molar-refractivity contribution in [2.24, 2.45) is 0 Å². The highest BCUT2D eigenvalue weighted by atomic mass is 32.2. The van der Waals surface area contributed by atoms with Gasteiger partial charge in [-0.2, -0.15) is 0 Å². The molecule has 0 unspecified atom stereocenters. The van der Waals surface area contributed by atoms with E-state index >= 15 is 0 Å². The molecule has 1 aliphatic heterocycles. The van der Waals surface area contributed by atoms with Crippen LogP contribution in [-0.4, -0.2) is 27.4 Å². The van der Waals surface area contributed by atoms with Crippen LogP contribution in [0.2, 0.25) is 0 Å². The lowest BCUT2D eigenvalue weighted by Crippen LogP contribution is -2.29. The number of amides is 1. The Morgan fingerprint density at radius 2 is 2.55 bits per heavy atom. The minimum Gasteiger partial charge on any atom is -0.297 e. The van der Waals surface area contributed by atoms with E-state index < -0.39 is 0 Å². The molecule has 60 valence electrons. The van der Waals surface area contributed by atoms with Gasteiger partial charge in [0, 0.05) is 6.54 Å². The normalized spacial score (nSPS) is 17.6. The largest absolute Gasteiger partial charge is 0.297 e. The van der Waals surface area contributed by atoms with E-state index in [9.17, 15) is 4.79 Å². The van der Waals surface area contributed by atoms with E-state index in [1.807, 2.05) is 0 Å². The predicted molar refractivity (Wildman–Crippen MR) is 51.6 cm³/mol. The average Bonchev–Trinajstić information content (AvgIpc) is 2.29. The molecule has 1 amide bonds. The third-order valence-corrected chi connectivity index (χ3v) is 2.83. The smallest absolute Gasteiger partial charge is 0.238 e. The minimum atomic E-state index is 0.127. The SMILES string of the molecule is C=CCCN1C(=O)CSC1=S. The summed E-state index contributed by atoms with van der Waals surface area (Å²) in [6.07, 6.45) is 2.60. The van der Waals surface area contributed by atoms with E-state index in [1.54, 1.807) is 11.0 Å². The molecule has 1 saturated heterocycles. The highest BCUT2D eigenvalue weighted by molar-refractivity contribution is 8.23. The Bertz CT molecular complexity index is 187. The van der Waals surface area contributed by atoms with Crippen LogP contribution in [0.3, 0.4) is 0 Å². The maximum atomic E-state index is 11.1. The second-order valence-corrected chi connectivity index (χ2v) is 3.79. The van der Waals surface area contributed by atoms with E-state index in [-0.39, 0.29) is 5.91 Å². The van der Waals surface area contributed by atoms with Gasteiger partial charge in [-0.1, -0.05) is 30.1 Å². The molecule has 0 atom stereocenters. The lowest BCUT2D eigenvalue weighted by Gasteiger charge is -2.12. The van der Waals surface area contributed by atoms with E-state index in [0.29, 0.717) is 16.6 Å². The molecule has 1 aliphatic rings. The Morgan fingerprint density at radius 1 is 1.82 bits per heavy atom. The zero-order chi connectivity index (χ0) is 8.27. The van der Waals surface area contributed by atoms with Crippen molar-refractivity contribution in [3.05, 3.63) is 12.7 Å². The molecule has 0 N–H and O–H groups in total. The number of rotatable bonds is 3. The molecule has 1 fully saturated rings. The molecule has 0 aliphatic carbocycles. The Morgan fingerprint density at radius 3 is 3.00 bits per heavy atom. The number of thioether (sulfide) groups is 1. The fourth-order valence-electron chi connectivity index (χ4n) is 0.818. The molecule has 0 radical (unpaired) electrons. The number of carbonyl (C=O) groups is 1. The van der Waals surface area contributed by atoms with E-state index in [2.05, 4.69) is 6.58 Å². The van der Waals surface area contributed by atoms with Crippen molar-refractivity contribution in [3.8, 4) is 0 Å². The van der Waals surface area contributed by atoms with Gasteiger partial charge in [-0.25, -0.2) is 0 Å². The van der Waals surface area contributed by atoms with Gasteiger partial charge in [0.15, 0.2) is 0 Å². The maximum Gasteiger partial charge on any atom is 0.238 e. The summed E-state index contributed by atoms with van der Waals surface area (Å²) in [5.41, 5.74) is 0. The number of nitrogens with zero attached hydrogens (tertiary/aromatic N) is 1. The average molecular weight is 187 g/mol. The Balaban J connectivity index is 2.47. The molecule has 0 saturated carbocycles. The Labute approximate surface area is 75.6 Å². The summed E-state index contributed by atoms with van der Waals surface area (Å²) in [6.45, 7) is 4.27. The van der Waals surface area contributed by atoms with Crippen LogP contribution < -0.4 is 0 Å². The van der Waals surface area contributed by atoms with Crippen molar-refractivity contribution in [2.45, 2.75) is 6.42 Å². The molecule has 2 nitrogen and oxygen atoms in total. The van der Waals surface area contributed by atoms with Crippen LogP contribution in [0, 0.1) is 0 Å². The van der Waals surface area contributed by atoms with Crippen LogP contribution in [0.1, 0.15) is 6.42 Å². The highest BCUT2D eigenvalue weighted by Gasteiger charge is 2.25. The van der Waals surface area contributed by atoms with Crippen LogP contribution >= 0.6 is 24.0 Å². The van der Waals surface area contributed by atoms with Gasteiger partial charge in [0.1, 0.15) is 4.32 Å². The molecule has 0 bridgehead atoms. The van der Waals surface area contributed by atoms with Crippen molar-refractivity contribution in [3.63, 3.8) is 0 Å². The van der Waals surface area contributed by atoms with Crippen LogP contribution in [0.15, 0.2) is 12.7 Å². The standard InChI is InChI=1S/C7H9NOS2/c1-2-3-4-8-6(9)5-11-7(8)10/h2H,1,3-5H2. The lowest BCUT2D eigenvalue weighted by atomic mass is 10.4. The molecule has 0 aromatic rings. The summed E-state index contributed by atoms with van der Waals surface area (Å²) in [5.74, 6) is 0.637. The minimum absolute atomic E-state index is 0.127. The van der Waals surface area contributed by atoms with Crippen LogP contribution in [0.25, 0.3) is 0 Å². The van der Waals surface area contributed by atoms with Gasteiger partial charge < -0.3 is 0 Å². The Kier molecular flexibility index (Phi) is 3.08. The lowest BCUT2D eigenvalue weighted by molar-refractivity contribution is -0.123. The monoisotopic (exact) mass is 187 g/mol. The van der Waals surface area contributed by atoms with E-state index in [4.69, 9.17) is 12.2 Å². The van der Waals surface area contributed by atoms with Gasteiger partial charge in [-0.15, -0.1) is 6.58 Å². The first-order valence-corrected chi connectivity index (χ1v) is 4.73. The first kappa shape index (κ1) is 8.74. The van der Waals surface area contributed by atoms with E-state index in [0.717, 1.165) is 6.42 Å². The molecule has 11 heavy (non-hydrogen) atoms. The second kappa shape index (κ2) is 3.88. The quantitative estimate of drug-likeness (QED) is 0.492. The van der Waals surface area contributed by atoms with Crippen molar-refractivity contribution in [1.29, 1.82) is 0 Å². The van der Waals surface area contributed by atoms with Crippen molar-refractivity contribution in [2.75, 3.05) is 12.3 Å². The molecule has 1 rings (SSSR count). The van der Waals surface area contributed by atoms with Crippen molar-refractivity contribution >= 4 is 34.2 Å². The Hall–Kier alpha value is -0.350. The molecular formula is C7H9NOS2. The summed E-state index contributed by atoms with van der Waals surface area (Å²) in [7, 11) is 0. The summed E-state index contributed by atoms with van der Waals surface area (Å²) in [4.78, 5) is 12.7. The summed E-state index contributed by atoms with van der Waals surface area (Å²) < 4.78 is 0.705. The molecule has 0 spiro atoms. The van der Waals surface area contributed by atoms with Crippen molar-refractivity contribution < 1.29 is 4.79 Å². The molecular weight excluding hydrogens is 178 g/mol. The molecule has 1 heterocycles. The van der Waals surface area contributed by atoms with Crippen LogP contribution in [0.5, 0.6) is 0 Å². The topological polar surface area (TPSA) is 20.3 Å². The van der Waals surface area contributed by atoms with Gasteiger partial charge in [0.2, 0.25) is 5.91 Å². The third-order valence-electron chi connectivity index (χ3n) is 1.40. The summed E-state index contributed by atoms with van der Waals surface area (Å²) in [5, 5.41) is 0. The number of carbonyl (C=O) groups excluding carboxylic acids is 1. The van der Waals surface area contributed by atoms with Crippen molar-refractivity contribution in [1.82, 2.24) is 4.90 Å². The fraction of sp³-hybridized carbons (Fsp3) is 0.429.